The summed E-state index contributed by atoms with van der Waals surface area (Å²) in [5.74, 6) is 0.103. The van der Waals surface area contributed by atoms with Crippen molar-refractivity contribution in [1.82, 2.24) is 29.5 Å². The van der Waals surface area contributed by atoms with Gasteiger partial charge < -0.3 is 9.88 Å². The molecule has 4 heterocycles. The number of hydrogen-bond donors (Lipinski definition) is 1. The third-order valence-electron chi connectivity index (χ3n) is 6.83. The van der Waals surface area contributed by atoms with Crippen molar-refractivity contribution < 1.29 is 4.79 Å². The molecule has 0 unspecified atom stereocenters. The molecule has 1 N–H and O–H groups in total. The quantitative estimate of drug-likeness (QED) is 0.448. The highest BCUT2D eigenvalue weighted by molar-refractivity contribution is 7.13. The first-order valence-corrected chi connectivity index (χ1v) is 12.8. The van der Waals surface area contributed by atoms with Gasteiger partial charge in [-0.05, 0) is 25.8 Å². The zero-order valence-electron chi connectivity index (χ0n) is 20.4. The van der Waals surface area contributed by atoms with E-state index in [0.29, 0.717) is 31.5 Å². The Morgan fingerprint density at radius 3 is 2.60 bits per heavy atom. The van der Waals surface area contributed by atoms with E-state index >= 15 is 0 Å². The number of H-pyrrole nitrogens is 1. The highest BCUT2D eigenvalue weighted by atomic mass is 32.1. The largest absolute Gasteiger partial charge is 0.340 e. The normalized spacial score (nSPS) is 14.7. The molecular weight excluding hydrogens is 460 g/mol. The van der Waals surface area contributed by atoms with Crippen molar-refractivity contribution in [2.75, 3.05) is 26.2 Å². The Bertz CT molecular complexity index is 1410. The fourth-order valence-electron chi connectivity index (χ4n) is 4.92. The molecule has 35 heavy (non-hydrogen) atoms. The second-order valence-electron chi connectivity index (χ2n) is 9.16. The van der Waals surface area contributed by atoms with Gasteiger partial charge in [0.05, 0.1) is 11.4 Å². The van der Waals surface area contributed by atoms with Crippen LogP contribution in [-0.2, 0) is 24.8 Å². The van der Waals surface area contributed by atoms with Crippen molar-refractivity contribution in [1.29, 1.82) is 0 Å². The zero-order chi connectivity index (χ0) is 24.5. The number of amides is 1. The minimum Gasteiger partial charge on any atom is -0.340 e. The smallest absolute Gasteiger partial charge is 0.253 e. The molecule has 0 aliphatic carbocycles. The van der Waals surface area contributed by atoms with Crippen molar-refractivity contribution in [3.63, 3.8) is 0 Å². The molecule has 8 nitrogen and oxygen atoms in total. The van der Waals surface area contributed by atoms with Gasteiger partial charge in [-0.2, -0.15) is 5.10 Å². The number of nitrogens with zero attached hydrogens (tertiary/aromatic N) is 5. The summed E-state index contributed by atoms with van der Waals surface area (Å²) in [6.45, 7) is 7.73. The molecule has 1 fully saturated rings. The van der Waals surface area contributed by atoms with Crippen LogP contribution in [0.25, 0.3) is 21.6 Å². The number of aromatic amines is 1. The highest BCUT2D eigenvalue weighted by Crippen LogP contribution is 2.24. The molecule has 1 amide bonds. The van der Waals surface area contributed by atoms with Gasteiger partial charge in [-0.25, -0.2) is 4.98 Å². The number of carbonyl (C=O) groups is 1. The summed E-state index contributed by atoms with van der Waals surface area (Å²) in [6, 6.07) is 10.2. The fraction of sp³-hybridized carbons (Fsp3) is 0.385. The number of benzene rings is 1. The maximum Gasteiger partial charge on any atom is 0.253 e. The number of aromatic nitrogens is 4. The molecule has 1 aromatic carbocycles. The summed E-state index contributed by atoms with van der Waals surface area (Å²) in [6.07, 6.45) is 0.771. The van der Waals surface area contributed by atoms with E-state index in [1.54, 1.807) is 16.0 Å². The molecular formula is C26H30N6O2S. The number of piperazine rings is 1. The summed E-state index contributed by atoms with van der Waals surface area (Å²) in [7, 11) is 1.82. The Morgan fingerprint density at radius 1 is 1.11 bits per heavy atom. The molecule has 4 aromatic rings. The summed E-state index contributed by atoms with van der Waals surface area (Å²) in [5, 5.41) is 8.56. The van der Waals surface area contributed by atoms with Gasteiger partial charge in [0.25, 0.3) is 5.56 Å². The highest BCUT2D eigenvalue weighted by Gasteiger charge is 2.23. The minimum atomic E-state index is -0.131. The molecule has 0 atom stereocenters. The van der Waals surface area contributed by atoms with Crippen molar-refractivity contribution >= 4 is 28.3 Å². The lowest BCUT2D eigenvalue weighted by Gasteiger charge is -2.34. The van der Waals surface area contributed by atoms with Crippen LogP contribution in [-0.4, -0.2) is 61.6 Å². The third kappa shape index (κ3) is 4.78. The molecule has 1 aliphatic heterocycles. The van der Waals surface area contributed by atoms with E-state index < -0.39 is 0 Å². The van der Waals surface area contributed by atoms with Crippen molar-refractivity contribution in [3.8, 4) is 10.6 Å². The van der Waals surface area contributed by atoms with Crippen LogP contribution in [0.2, 0.25) is 0 Å². The number of fused-ring (bicyclic) bond motifs is 1. The standard InChI is InChI=1S/C26H30N6O2S/c1-17-21(25(34)28-24-23(17)18(2)29-30(24)3)9-10-22(33)32-13-11-31(12-14-32)15-20-16-35-26(27-20)19-7-5-4-6-8-19/h4-8,16H,9-15H2,1-3H3,(H,28,34). The van der Waals surface area contributed by atoms with E-state index in [0.717, 1.165) is 58.2 Å². The molecule has 182 valence electrons. The maximum atomic E-state index is 12.9. The molecule has 0 spiro atoms. The second-order valence-corrected chi connectivity index (χ2v) is 10.0. The first-order valence-electron chi connectivity index (χ1n) is 12.0. The zero-order valence-corrected chi connectivity index (χ0v) is 21.2. The van der Waals surface area contributed by atoms with Crippen LogP contribution >= 0.6 is 11.3 Å². The predicted molar refractivity (Wildman–Crippen MR) is 139 cm³/mol. The van der Waals surface area contributed by atoms with Crippen LogP contribution in [0.3, 0.4) is 0 Å². The van der Waals surface area contributed by atoms with Gasteiger partial charge in [0.15, 0.2) is 0 Å². The lowest BCUT2D eigenvalue weighted by molar-refractivity contribution is -0.133. The summed E-state index contributed by atoms with van der Waals surface area (Å²) in [5.41, 5.74) is 5.30. The predicted octanol–water partition coefficient (Wildman–Crippen LogP) is 3.28. The average molecular weight is 491 g/mol. The van der Waals surface area contributed by atoms with Crippen LogP contribution < -0.4 is 5.56 Å². The summed E-state index contributed by atoms with van der Waals surface area (Å²) in [4.78, 5) is 37.6. The minimum absolute atomic E-state index is 0.103. The van der Waals surface area contributed by atoms with Gasteiger partial charge in [-0.1, -0.05) is 30.3 Å². The lowest BCUT2D eigenvalue weighted by atomic mass is 10.0. The Kier molecular flexibility index (Phi) is 6.53. The maximum absolute atomic E-state index is 12.9. The Balaban J connectivity index is 1.16. The number of pyridine rings is 1. The van der Waals surface area contributed by atoms with Gasteiger partial charge in [-0.15, -0.1) is 11.3 Å². The van der Waals surface area contributed by atoms with Crippen molar-refractivity contribution in [2.24, 2.45) is 7.05 Å². The number of hydrogen-bond acceptors (Lipinski definition) is 6. The number of carbonyl (C=O) groups excluding carboxylic acids is 1. The number of thiazole rings is 1. The molecule has 0 saturated carbocycles. The van der Waals surface area contributed by atoms with E-state index in [4.69, 9.17) is 4.98 Å². The SMILES string of the molecule is Cc1nn(C)c2[nH]c(=O)c(CCC(=O)N3CCN(Cc4csc(-c5ccccc5)n4)CC3)c(C)c12. The Labute approximate surface area is 208 Å². The Hall–Kier alpha value is -3.30. The van der Waals surface area contributed by atoms with Gasteiger partial charge in [0.2, 0.25) is 5.91 Å². The first kappa shape index (κ1) is 23.4. The number of aryl methyl sites for hydroxylation is 3. The molecule has 0 radical (unpaired) electrons. The summed E-state index contributed by atoms with van der Waals surface area (Å²) < 4.78 is 1.70. The molecule has 0 bridgehead atoms. The van der Waals surface area contributed by atoms with E-state index in [-0.39, 0.29) is 11.5 Å². The molecule has 1 aliphatic rings. The van der Waals surface area contributed by atoms with Crippen molar-refractivity contribution in [3.05, 3.63) is 68.6 Å². The monoisotopic (exact) mass is 490 g/mol. The number of rotatable bonds is 6. The molecule has 5 rings (SSSR count). The van der Waals surface area contributed by atoms with E-state index in [9.17, 15) is 9.59 Å². The van der Waals surface area contributed by atoms with E-state index in [1.165, 1.54) is 0 Å². The van der Waals surface area contributed by atoms with Crippen LogP contribution in [0.15, 0.2) is 40.5 Å². The molecule has 3 aromatic heterocycles. The average Bonchev–Trinajstić information content (AvgIpc) is 3.43. The van der Waals surface area contributed by atoms with Gasteiger partial charge in [-0.3, -0.25) is 19.2 Å². The lowest BCUT2D eigenvalue weighted by Crippen LogP contribution is -2.48. The molecule has 9 heteroatoms. The van der Waals surface area contributed by atoms with Crippen LogP contribution in [0.4, 0.5) is 0 Å². The van der Waals surface area contributed by atoms with Crippen LogP contribution in [0.1, 0.15) is 28.9 Å². The fourth-order valence-corrected chi connectivity index (χ4v) is 5.74. The van der Waals surface area contributed by atoms with Crippen LogP contribution in [0, 0.1) is 13.8 Å². The van der Waals surface area contributed by atoms with Gasteiger partial charge >= 0.3 is 0 Å². The third-order valence-corrected chi connectivity index (χ3v) is 7.77. The second kappa shape index (κ2) is 9.75. The first-order chi connectivity index (χ1) is 16.9. The van der Waals surface area contributed by atoms with Gasteiger partial charge in [0, 0.05) is 68.1 Å². The number of nitrogens with one attached hydrogen (secondary N) is 1. The van der Waals surface area contributed by atoms with Crippen LogP contribution in [0.5, 0.6) is 0 Å². The summed E-state index contributed by atoms with van der Waals surface area (Å²) >= 11 is 1.67. The molecule has 1 saturated heterocycles. The van der Waals surface area contributed by atoms with Gasteiger partial charge in [0.1, 0.15) is 10.7 Å². The van der Waals surface area contributed by atoms with E-state index in [2.05, 4.69) is 32.5 Å². The van der Waals surface area contributed by atoms with E-state index in [1.807, 2.05) is 44.0 Å². The topological polar surface area (TPSA) is 87.1 Å². The Morgan fingerprint density at radius 2 is 1.86 bits per heavy atom. The van der Waals surface area contributed by atoms with Crippen molar-refractivity contribution in [2.45, 2.75) is 33.2 Å².